The number of carbonyl (C=O) groups is 1. The van der Waals surface area contributed by atoms with Gasteiger partial charge in [0.15, 0.2) is 0 Å². The van der Waals surface area contributed by atoms with Gasteiger partial charge in [-0.05, 0) is 50.1 Å². The first kappa shape index (κ1) is 17.4. The van der Waals surface area contributed by atoms with Crippen LogP contribution in [-0.4, -0.2) is 21.5 Å². The lowest BCUT2D eigenvalue weighted by molar-refractivity contribution is -0.384. The van der Waals surface area contributed by atoms with Gasteiger partial charge < -0.3 is 10.1 Å². The fourth-order valence-electron chi connectivity index (χ4n) is 2.11. The molecule has 0 aliphatic carbocycles. The number of non-ortho nitro benzene ring substituents is 1. The molecule has 0 aliphatic heterocycles. The van der Waals surface area contributed by atoms with Gasteiger partial charge in [-0.25, -0.2) is 4.79 Å². The number of carbonyl (C=O) groups excluding carboxylic acids is 1. The number of amides is 1. The van der Waals surface area contributed by atoms with Gasteiger partial charge in [-0.2, -0.15) is 0 Å². The lowest BCUT2D eigenvalue weighted by Crippen LogP contribution is -2.40. The van der Waals surface area contributed by atoms with Crippen molar-refractivity contribution in [3.8, 4) is 11.1 Å². The largest absolute Gasteiger partial charge is 0.445 e. The molecule has 7 heteroatoms. The van der Waals surface area contributed by atoms with Crippen molar-refractivity contribution < 1.29 is 14.5 Å². The second kappa shape index (κ2) is 7.08. The van der Waals surface area contributed by atoms with Crippen LogP contribution in [0.5, 0.6) is 0 Å². The van der Waals surface area contributed by atoms with Gasteiger partial charge in [0.2, 0.25) is 0 Å². The van der Waals surface area contributed by atoms with Crippen LogP contribution < -0.4 is 5.32 Å². The van der Waals surface area contributed by atoms with Crippen LogP contribution in [0.1, 0.15) is 26.3 Å². The van der Waals surface area contributed by atoms with Crippen LogP contribution >= 0.6 is 0 Å². The van der Waals surface area contributed by atoms with E-state index in [0.717, 1.165) is 11.1 Å². The summed E-state index contributed by atoms with van der Waals surface area (Å²) in [6.45, 7) is 5.44. The number of rotatable bonds is 4. The highest BCUT2D eigenvalue weighted by Crippen LogP contribution is 2.27. The third-order valence-electron chi connectivity index (χ3n) is 3.13. The zero-order valence-corrected chi connectivity index (χ0v) is 13.8. The number of hydrogen-bond donors (Lipinski definition) is 1. The molecule has 0 aliphatic rings. The molecule has 0 atom stereocenters. The second-order valence-corrected chi connectivity index (χ2v) is 6.29. The van der Waals surface area contributed by atoms with Gasteiger partial charge in [0, 0.05) is 35.6 Å². The van der Waals surface area contributed by atoms with Gasteiger partial charge in [-0.1, -0.05) is 0 Å². The van der Waals surface area contributed by atoms with Crippen molar-refractivity contribution in [2.45, 2.75) is 32.9 Å². The van der Waals surface area contributed by atoms with Crippen molar-refractivity contribution in [1.29, 1.82) is 0 Å². The Morgan fingerprint density at radius 2 is 1.92 bits per heavy atom. The van der Waals surface area contributed by atoms with Crippen molar-refractivity contribution in [3.63, 3.8) is 0 Å². The fourth-order valence-corrected chi connectivity index (χ4v) is 2.11. The van der Waals surface area contributed by atoms with E-state index in [1.807, 2.05) is 20.8 Å². The molecule has 1 N–H and O–H groups in total. The van der Waals surface area contributed by atoms with Crippen LogP contribution in [0.2, 0.25) is 0 Å². The number of nitro groups is 1. The molecule has 0 bridgehead atoms. The molecule has 0 saturated carbocycles. The first-order valence-corrected chi connectivity index (χ1v) is 7.39. The maximum absolute atomic E-state index is 11.8. The summed E-state index contributed by atoms with van der Waals surface area (Å²) in [6, 6.07) is 8.07. The van der Waals surface area contributed by atoms with E-state index in [1.54, 1.807) is 30.6 Å². The van der Waals surface area contributed by atoms with Crippen LogP contribution in [0.4, 0.5) is 10.5 Å². The molecule has 2 aromatic rings. The number of alkyl carbamates (subject to hydrolysis) is 1. The maximum atomic E-state index is 11.8. The standard InChI is InChI=1S/C17H19N3O4/c1-17(2,3)19-16(21)24-11-13-10-14(20(22)23)4-5-15(13)12-6-8-18-9-7-12/h4-10H,11H2,1-3H3,(H,19,21). The van der Waals surface area contributed by atoms with Crippen LogP contribution in [0.15, 0.2) is 42.7 Å². The number of nitrogens with one attached hydrogen (secondary N) is 1. The smallest absolute Gasteiger partial charge is 0.407 e. The number of nitrogens with zero attached hydrogens (tertiary/aromatic N) is 2. The number of nitro benzene ring substituents is 1. The summed E-state index contributed by atoms with van der Waals surface area (Å²) in [5, 5.41) is 13.7. The third-order valence-corrected chi connectivity index (χ3v) is 3.13. The van der Waals surface area contributed by atoms with Gasteiger partial charge >= 0.3 is 6.09 Å². The normalized spacial score (nSPS) is 11.0. The highest BCUT2D eigenvalue weighted by molar-refractivity contribution is 5.70. The Morgan fingerprint density at radius 1 is 1.25 bits per heavy atom. The van der Waals surface area contributed by atoms with E-state index in [-0.39, 0.29) is 12.3 Å². The van der Waals surface area contributed by atoms with E-state index in [9.17, 15) is 14.9 Å². The van der Waals surface area contributed by atoms with Crippen molar-refractivity contribution in [3.05, 3.63) is 58.4 Å². The van der Waals surface area contributed by atoms with Crippen LogP contribution in [-0.2, 0) is 11.3 Å². The first-order chi connectivity index (χ1) is 11.3. The molecule has 1 amide bonds. The Hall–Kier alpha value is -2.96. The summed E-state index contributed by atoms with van der Waals surface area (Å²) in [5.74, 6) is 0. The van der Waals surface area contributed by atoms with Gasteiger partial charge in [-0.3, -0.25) is 15.1 Å². The summed E-state index contributed by atoms with van der Waals surface area (Å²) in [7, 11) is 0. The Labute approximate surface area is 139 Å². The Balaban J connectivity index is 2.27. The van der Waals surface area contributed by atoms with Gasteiger partial charge in [0.1, 0.15) is 6.61 Å². The number of hydrogen-bond acceptors (Lipinski definition) is 5. The number of aromatic nitrogens is 1. The molecule has 0 unspecified atom stereocenters. The minimum absolute atomic E-state index is 0.0531. The molecular weight excluding hydrogens is 310 g/mol. The van der Waals surface area contributed by atoms with E-state index in [0.29, 0.717) is 5.56 Å². The molecule has 0 spiro atoms. The summed E-state index contributed by atoms with van der Waals surface area (Å²) in [5.41, 5.74) is 1.68. The molecule has 1 heterocycles. The minimum Gasteiger partial charge on any atom is -0.445 e. The SMILES string of the molecule is CC(C)(C)NC(=O)OCc1cc([N+](=O)[O-])ccc1-c1ccncc1. The highest BCUT2D eigenvalue weighted by Gasteiger charge is 2.17. The van der Waals surface area contributed by atoms with Crippen LogP contribution in [0.3, 0.4) is 0 Å². The highest BCUT2D eigenvalue weighted by atomic mass is 16.6. The fraction of sp³-hybridized carbons (Fsp3) is 0.294. The zero-order chi connectivity index (χ0) is 17.7. The van der Waals surface area contributed by atoms with E-state index < -0.39 is 16.6 Å². The molecule has 2 rings (SSSR count). The molecule has 0 radical (unpaired) electrons. The molecule has 1 aromatic heterocycles. The number of pyridine rings is 1. The Bertz CT molecular complexity index is 739. The number of ether oxygens (including phenoxy) is 1. The average molecular weight is 329 g/mol. The monoisotopic (exact) mass is 329 g/mol. The Kier molecular flexibility index (Phi) is 5.13. The van der Waals surface area contributed by atoms with E-state index in [2.05, 4.69) is 10.3 Å². The quantitative estimate of drug-likeness (QED) is 0.682. The lowest BCUT2D eigenvalue weighted by Gasteiger charge is -2.20. The Morgan fingerprint density at radius 3 is 2.50 bits per heavy atom. The minimum atomic E-state index is -0.574. The molecule has 0 saturated heterocycles. The van der Waals surface area contributed by atoms with Crippen molar-refractivity contribution in [2.24, 2.45) is 0 Å². The lowest BCUT2D eigenvalue weighted by atomic mass is 10.0. The van der Waals surface area contributed by atoms with Crippen molar-refractivity contribution >= 4 is 11.8 Å². The van der Waals surface area contributed by atoms with E-state index in [1.165, 1.54) is 12.1 Å². The summed E-state index contributed by atoms with van der Waals surface area (Å²) in [4.78, 5) is 26.3. The predicted molar refractivity (Wildman–Crippen MR) is 89.4 cm³/mol. The molecule has 7 nitrogen and oxygen atoms in total. The summed E-state index contributed by atoms with van der Waals surface area (Å²) >= 11 is 0. The third kappa shape index (κ3) is 4.77. The average Bonchev–Trinajstić information content (AvgIpc) is 2.52. The van der Waals surface area contributed by atoms with E-state index in [4.69, 9.17) is 4.74 Å². The van der Waals surface area contributed by atoms with Gasteiger partial charge in [0.05, 0.1) is 4.92 Å². The summed E-state index contributed by atoms with van der Waals surface area (Å²) < 4.78 is 5.21. The zero-order valence-electron chi connectivity index (χ0n) is 13.8. The number of benzene rings is 1. The van der Waals surface area contributed by atoms with Crippen molar-refractivity contribution in [1.82, 2.24) is 10.3 Å². The predicted octanol–water partition coefficient (Wildman–Crippen LogP) is 3.68. The first-order valence-electron chi connectivity index (χ1n) is 7.39. The maximum Gasteiger partial charge on any atom is 0.407 e. The second-order valence-electron chi connectivity index (χ2n) is 6.29. The molecule has 1 aromatic carbocycles. The van der Waals surface area contributed by atoms with Gasteiger partial charge in [0.25, 0.3) is 5.69 Å². The van der Waals surface area contributed by atoms with Crippen LogP contribution in [0.25, 0.3) is 11.1 Å². The van der Waals surface area contributed by atoms with E-state index >= 15 is 0 Å². The molecule has 126 valence electrons. The molecular formula is C17H19N3O4. The topological polar surface area (TPSA) is 94.4 Å². The van der Waals surface area contributed by atoms with Crippen LogP contribution in [0, 0.1) is 10.1 Å². The summed E-state index contributed by atoms with van der Waals surface area (Å²) in [6.07, 6.45) is 2.69. The van der Waals surface area contributed by atoms with Crippen molar-refractivity contribution in [2.75, 3.05) is 0 Å². The molecule has 24 heavy (non-hydrogen) atoms. The molecule has 0 fully saturated rings. The van der Waals surface area contributed by atoms with Gasteiger partial charge in [-0.15, -0.1) is 0 Å².